The van der Waals surface area contributed by atoms with Gasteiger partial charge in [-0.05, 0) is 30.5 Å². The number of anilines is 1. The van der Waals surface area contributed by atoms with Crippen LogP contribution in [0.4, 0.5) is 5.13 Å². The lowest BCUT2D eigenvalue weighted by Gasteiger charge is -2.34. The first kappa shape index (κ1) is 17.1. The molecule has 2 aromatic heterocycles. The molecule has 1 fully saturated rings. The lowest BCUT2D eigenvalue weighted by atomic mass is 10.3. The van der Waals surface area contributed by atoms with Crippen LogP contribution in [0.5, 0.6) is 0 Å². The van der Waals surface area contributed by atoms with Crippen molar-refractivity contribution in [2.75, 3.05) is 37.3 Å². The van der Waals surface area contributed by atoms with Crippen molar-refractivity contribution in [1.82, 2.24) is 9.88 Å². The molecule has 1 amide bonds. The topological polar surface area (TPSA) is 36.4 Å². The smallest absolute Gasteiger partial charge is 0.264 e. The summed E-state index contributed by atoms with van der Waals surface area (Å²) in [5.41, 5.74) is 1.08. The van der Waals surface area contributed by atoms with Crippen molar-refractivity contribution < 1.29 is 4.79 Å². The van der Waals surface area contributed by atoms with Crippen molar-refractivity contribution in [3.8, 4) is 0 Å². The highest BCUT2D eigenvalue weighted by Crippen LogP contribution is 2.34. The van der Waals surface area contributed by atoms with Crippen molar-refractivity contribution in [3.05, 3.63) is 39.5 Å². The second-order valence-electron chi connectivity index (χ2n) is 5.69. The number of halogens is 1. The maximum absolute atomic E-state index is 12.5. The van der Waals surface area contributed by atoms with E-state index in [9.17, 15) is 4.79 Å². The van der Waals surface area contributed by atoms with Crippen molar-refractivity contribution >= 4 is 67.3 Å². The number of piperazine rings is 1. The van der Waals surface area contributed by atoms with Gasteiger partial charge in [0.15, 0.2) is 5.13 Å². The summed E-state index contributed by atoms with van der Waals surface area (Å²) < 4.78 is 1.87. The largest absolute Gasteiger partial charge is 0.345 e. The number of thiazole rings is 1. The number of hydrogen-bond acceptors (Lipinski definition) is 6. The van der Waals surface area contributed by atoms with E-state index < -0.39 is 0 Å². The van der Waals surface area contributed by atoms with Crippen molar-refractivity contribution in [3.63, 3.8) is 0 Å². The molecule has 1 saturated heterocycles. The molecule has 0 saturated carbocycles. The van der Waals surface area contributed by atoms with Gasteiger partial charge in [-0.25, -0.2) is 4.98 Å². The minimum absolute atomic E-state index is 0.0746. The number of rotatable bonds is 3. The Morgan fingerprint density at radius 1 is 1.16 bits per heavy atom. The second kappa shape index (κ2) is 7.15. The van der Waals surface area contributed by atoms with E-state index in [4.69, 9.17) is 16.6 Å². The molecule has 130 valence electrons. The normalized spacial score (nSPS) is 15.1. The number of thioether (sulfide) groups is 1. The zero-order chi connectivity index (χ0) is 17.4. The summed E-state index contributed by atoms with van der Waals surface area (Å²) in [7, 11) is 0. The summed E-state index contributed by atoms with van der Waals surface area (Å²) in [5, 5.41) is 1.04. The van der Waals surface area contributed by atoms with Gasteiger partial charge in [0.25, 0.3) is 5.91 Å². The Morgan fingerprint density at radius 2 is 1.96 bits per heavy atom. The number of carbonyl (C=O) groups is 1. The van der Waals surface area contributed by atoms with Crippen LogP contribution in [0, 0.1) is 0 Å². The van der Waals surface area contributed by atoms with Gasteiger partial charge in [-0.15, -0.1) is 23.1 Å². The van der Waals surface area contributed by atoms with Crippen LogP contribution in [0.1, 0.15) is 9.67 Å². The van der Waals surface area contributed by atoms with E-state index in [1.54, 1.807) is 35.2 Å². The van der Waals surface area contributed by atoms with Crippen LogP contribution in [0.15, 0.2) is 35.2 Å². The molecule has 0 N–H and O–H groups in total. The number of carbonyl (C=O) groups excluding carboxylic acids is 1. The Balaban J connectivity index is 1.47. The van der Waals surface area contributed by atoms with Gasteiger partial charge < -0.3 is 9.80 Å². The number of aromatic nitrogens is 1. The molecular weight excluding hydrogens is 394 g/mol. The van der Waals surface area contributed by atoms with Gasteiger partial charge in [0.2, 0.25) is 0 Å². The number of para-hydroxylation sites is 1. The summed E-state index contributed by atoms with van der Waals surface area (Å²) in [5.74, 6) is 0.0746. The molecule has 4 nitrogen and oxygen atoms in total. The number of hydrogen-bond donors (Lipinski definition) is 0. The van der Waals surface area contributed by atoms with Crippen molar-refractivity contribution in [2.45, 2.75) is 4.90 Å². The molecule has 0 radical (unpaired) electrons. The summed E-state index contributed by atoms with van der Waals surface area (Å²) in [6.45, 7) is 3.03. The van der Waals surface area contributed by atoms with Crippen LogP contribution in [0.25, 0.3) is 10.2 Å². The molecule has 0 unspecified atom stereocenters. The standard InChI is InChI=1S/C17H16ClN3OS3/c1-23-11-3-2-4-12-15(11)19-17(25-12)21-9-7-20(8-10-21)16(22)13-5-6-14(18)24-13/h2-6H,7-10H2,1H3. The zero-order valence-electron chi connectivity index (χ0n) is 13.6. The third kappa shape index (κ3) is 3.38. The maximum Gasteiger partial charge on any atom is 0.264 e. The average Bonchev–Trinajstić information content (AvgIpc) is 3.27. The number of fused-ring (bicyclic) bond motifs is 1. The third-order valence-corrected chi connectivity index (χ3v) is 7.28. The minimum atomic E-state index is 0.0746. The van der Waals surface area contributed by atoms with E-state index in [2.05, 4.69) is 29.4 Å². The van der Waals surface area contributed by atoms with E-state index in [1.807, 2.05) is 4.90 Å². The number of amides is 1. The van der Waals surface area contributed by atoms with Gasteiger partial charge in [-0.1, -0.05) is 29.0 Å². The highest BCUT2D eigenvalue weighted by atomic mass is 35.5. The summed E-state index contributed by atoms with van der Waals surface area (Å²) >= 11 is 10.7. The van der Waals surface area contributed by atoms with E-state index in [-0.39, 0.29) is 5.91 Å². The Labute approximate surface area is 163 Å². The molecule has 8 heteroatoms. The Morgan fingerprint density at radius 3 is 2.64 bits per heavy atom. The fourth-order valence-corrected chi connectivity index (χ4v) is 5.58. The number of thiophene rings is 1. The lowest BCUT2D eigenvalue weighted by molar-refractivity contribution is 0.0751. The summed E-state index contributed by atoms with van der Waals surface area (Å²) in [6.07, 6.45) is 2.08. The van der Waals surface area contributed by atoms with Crippen LogP contribution in [0.2, 0.25) is 4.34 Å². The molecule has 0 bridgehead atoms. The van der Waals surface area contributed by atoms with Crippen LogP contribution >= 0.6 is 46.0 Å². The van der Waals surface area contributed by atoms with E-state index >= 15 is 0 Å². The van der Waals surface area contributed by atoms with Crippen molar-refractivity contribution in [2.24, 2.45) is 0 Å². The molecule has 1 aromatic carbocycles. The van der Waals surface area contributed by atoms with Gasteiger partial charge in [0.1, 0.15) is 0 Å². The number of nitrogens with zero attached hydrogens (tertiary/aromatic N) is 3. The van der Waals surface area contributed by atoms with Crippen LogP contribution in [0.3, 0.4) is 0 Å². The Bertz CT molecular complexity index is 915. The third-order valence-electron chi connectivity index (χ3n) is 4.21. The molecule has 3 aromatic rings. The SMILES string of the molecule is CSc1cccc2sc(N3CCN(C(=O)c4ccc(Cl)s4)CC3)nc12. The molecule has 25 heavy (non-hydrogen) atoms. The van der Waals surface area contributed by atoms with Crippen LogP contribution in [-0.4, -0.2) is 48.2 Å². The predicted octanol–water partition coefficient (Wildman–Crippen LogP) is 4.70. The molecule has 4 rings (SSSR count). The highest BCUT2D eigenvalue weighted by Gasteiger charge is 2.25. The maximum atomic E-state index is 12.5. The quantitative estimate of drug-likeness (QED) is 0.587. The Kier molecular flexibility index (Phi) is 4.90. The van der Waals surface area contributed by atoms with Crippen molar-refractivity contribution in [1.29, 1.82) is 0 Å². The van der Waals surface area contributed by atoms with Gasteiger partial charge in [-0.2, -0.15) is 0 Å². The van der Waals surface area contributed by atoms with E-state index in [0.29, 0.717) is 22.3 Å². The van der Waals surface area contributed by atoms with Crippen LogP contribution in [-0.2, 0) is 0 Å². The molecule has 1 aliphatic heterocycles. The first-order valence-electron chi connectivity index (χ1n) is 7.89. The average molecular weight is 410 g/mol. The Hall–Kier alpha value is -1.28. The first-order valence-corrected chi connectivity index (χ1v) is 11.1. The molecule has 3 heterocycles. The predicted molar refractivity (Wildman–Crippen MR) is 109 cm³/mol. The van der Waals surface area contributed by atoms with E-state index in [1.165, 1.54) is 20.9 Å². The monoisotopic (exact) mass is 409 g/mol. The van der Waals surface area contributed by atoms with Gasteiger partial charge in [0, 0.05) is 31.1 Å². The number of benzene rings is 1. The van der Waals surface area contributed by atoms with Gasteiger partial charge >= 0.3 is 0 Å². The van der Waals surface area contributed by atoms with Crippen LogP contribution < -0.4 is 4.90 Å². The summed E-state index contributed by atoms with van der Waals surface area (Å²) in [4.78, 5) is 23.5. The fraction of sp³-hybridized carbons (Fsp3) is 0.294. The first-order chi connectivity index (χ1) is 12.2. The molecule has 1 aliphatic rings. The molecule has 0 atom stereocenters. The van der Waals surface area contributed by atoms with E-state index in [0.717, 1.165) is 23.7 Å². The highest BCUT2D eigenvalue weighted by molar-refractivity contribution is 7.98. The molecule has 0 aliphatic carbocycles. The molecular formula is C17H16ClN3OS3. The second-order valence-corrected chi connectivity index (χ2v) is 9.26. The van der Waals surface area contributed by atoms with Gasteiger partial charge in [0.05, 0.1) is 19.4 Å². The fourth-order valence-electron chi connectivity index (χ4n) is 2.90. The zero-order valence-corrected chi connectivity index (χ0v) is 16.8. The van der Waals surface area contributed by atoms with Gasteiger partial charge in [-0.3, -0.25) is 4.79 Å². The minimum Gasteiger partial charge on any atom is -0.345 e. The lowest BCUT2D eigenvalue weighted by Crippen LogP contribution is -2.48. The molecule has 0 spiro atoms. The summed E-state index contributed by atoms with van der Waals surface area (Å²) in [6, 6.07) is 9.90.